The highest BCUT2D eigenvalue weighted by molar-refractivity contribution is 7.89. The smallest absolute Gasteiger partial charge is 0.243 e. The van der Waals surface area contributed by atoms with Gasteiger partial charge in [0.1, 0.15) is 0 Å². The van der Waals surface area contributed by atoms with E-state index in [1.807, 2.05) is 6.07 Å². The van der Waals surface area contributed by atoms with Crippen molar-refractivity contribution >= 4 is 10.0 Å². The van der Waals surface area contributed by atoms with Crippen molar-refractivity contribution in [3.8, 4) is 11.4 Å². The third-order valence-corrected chi connectivity index (χ3v) is 6.44. The summed E-state index contributed by atoms with van der Waals surface area (Å²) in [4.78, 5) is 4.69. The van der Waals surface area contributed by atoms with Crippen molar-refractivity contribution in [1.29, 1.82) is 0 Å². The molecule has 0 unspecified atom stereocenters. The Kier molecular flexibility index (Phi) is 3.90. The summed E-state index contributed by atoms with van der Waals surface area (Å²) in [5.74, 6) is 1.45. The molecule has 1 aliphatic heterocycles. The van der Waals surface area contributed by atoms with Crippen LogP contribution in [0.4, 0.5) is 0 Å². The van der Waals surface area contributed by atoms with Crippen molar-refractivity contribution < 1.29 is 17.7 Å². The lowest BCUT2D eigenvalue weighted by atomic mass is 10.1. The van der Waals surface area contributed by atoms with Gasteiger partial charge < -0.3 is 9.26 Å². The maximum Gasteiger partial charge on any atom is 0.243 e. The van der Waals surface area contributed by atoms with Crippen LogP contribution < -0.4 is 0 Å². The van der Waals surface area contributed by atoms with E-state index in [1.165, 1.54) is 4.31 Å². The average molecular weight is 349 g/mol. The van der Waals surface area contributed by atoms with Crippen molar-refractivity contribution in [2.45, 2.75) is 30.6 Å². The molecule has 1 saturated carbocycles. The maximum absolute atomic E-state index is 12.9. The van der Waals surface area contributed by atoms with E-state index < -0.39 is 10.0 Å². The first-order chi connectivity index (χ1) is 11.6. The quantitative estimate of drug-likeness (QED) is 0.838. The van der Waals surface area contributed by atoms with Crippen LogP contribution in [0.5, 0.6) is 0 Å². The van der Waals surface area contributed by atoms with Gasteiger partial charge in [-0.3, -0.25) is 0 Å². The number of rotatable bonds is 4. The van der Waals surface area contributed by atoms with Gasteiger partial charge in [-0.1, -0.05) is 17.3 Å². The number of aryl methyl sites for hydroxylation is 1. The molecule has 0 bridgehead atoms. The van der Waals surface area contributed by atoms with Crippen LogP contribution in [0.15, 0.2) is 27.6 Å². The Hall–Kier alpha value is -1.77. The first kappa shape index (κ1) is 15.7. The monoisotopic (exact) mass is 349 g/mol. The minimum absolute atomic E-state index is 0.291. The highest BCUT2D eigenvalue weighted by Gasteiger charge is 2.31. The highest BCUT2D eigenvalue weighted by atomic mass is 32.2. The molecule has 1 saturated heterocycles. The summed E-state index contributed by atoms with van der Waals surface area (Å²) in [6.45, 7) is 3.39. The van der Waals surface area contributed by atoms with Gasteiger partial charge in [0.15, 0.2) is 0 Å². The molecular formula is C16H19N3O4S. The van der Waals surface area contributed by atoms with E-state index >= 15 is 0 Å². The minimum atomic E-state index is -3.55. The molecule has 1 aromatic heterocycles. The normalized spacial score (nSPS) is 19.5. The number of hydrogen-bond donors (Lipinski definition) is 0. The van der Waals surface area contributed by atoms with E-state index in [1.54, 1.807) is 19.1 Å². The standard InChI is InChI=1S/C16H19N3O4S/c1-11-2-3-13(15-17-16(23-18-15)12-4-5-12)10-14(11)24(20,21)19-6-8-22-9-7-19/h2-3,10,12H,4-9H2,1H3. The van der Waals surface area contributed by atoms with E-state index in [9.17, 15) is 8.42 Å². The van der Waals surface area contributed by atoms with Crippen LogP contribution in [0.25, 0.3) is 11.4 Å². The van der Waals surface area contributed by atoms with Crippen LogP contribution in [-0.4, -0.2) is 49.2 Å². The topological polar surface area (TPSA) is 85.5 Å². The second-order valence-corrected chi connectivity index (χ2v) is 8.13. The lowest BCUT2D eigenvalue weighted by molar-refractivity contribution is 0.0730. The summed E-state index contributed by atoms with van der Waals surface area (Å²) in [6, 6.07) is 5.26. The predicted molar refractivity (Wildman–Crippen MR) is 86.0 cm³/mol. The number of sulfonamides is 1. The van der Waals surface area contributed by atoms with Gasteiger partial charge in [0.05, 0.1) is 18.1 Å². The zero-order chi connectivity index (χ0) is 16.7. The van der Waals surface area contributed by atoms with Crippen LogP contribution in [0.3, 0.4) is 0 Å². The molecular weight excluding hydrogens is 330 g/mol. The van der Waals surface area contributed by atoms with E-state index in [0.29, 0.717) is 60.0 Å². The first-order valence-corrected chi connectivity index (χ1v) is 9.52. The number of morpholine rings is 1. The lowest BCUT2D eigenvalue weighted by Crippen LogP contribution is -2.40. The van der Waals surface area contributed by atoms with E-state index in [2.05, 4.69) is 10.1 Å². The molecule has 0 atom stereocenters. The molecule has 2 fully saturated rings. The van der Waals surface area contributed by atoms with E-state index in [4.69, 9.17) is 9.26 Å². The van der Waals surface area contributed by atoms with Crippen molar-refractivity contribution in [2.24, 2.45) is 0 Å². The molecule has 1 aromatic carbocycles. The fourth-order valence-corrected chi connectivity index (χ4v) is 4.45. The van der Waals surface area contributed by atoms with Crippen LogP contribution in [0.1, 0.15) is 30.2 Å². The molecule has 24 heavy (non-hydrogen) atoms. The molecule has 2 heterocycles. The van der Waals surface area contributed by atoms with Gasteiger partial charge in [-0.25, -0.2) is 8.42 Å². The molecule has 0 radical (unpaired) electrons. The molecule has 8 heteroatoms. The molecule has 0 amide bonds. The number of ether oxygens (including phenoxy) is 1. The van der Waals surface area contributed by atoms with Crippen molar-refractivity contribution in [1.82, 2.24) is 14.4 Å². The Labute approximate surface area is 140 Å². The largest absolute Gasteiger partial charge is 0.379 e. The third-order valence-electron chi connectivity index (χ3n) is 4.40. The SMILES string of the molecule is Cc1ccc(-c2noc(C3CC3)n2)cc1S(=O)(=O)N1CCOCC1. The molecule has 0 spiro atoms. The molecule has 7 nitrogen and oxygen atoms in total. The van der Waals surface area contributed by atoms with Gasteiger partial charge in [-0.05, 0) is 31.4 Å². The highest BCUT2D eigenvalue weighted by Crippen LogP contribution is 2.39. The summed E-state index contributed by atoms with van der Waals surface area (Å²) in [7, 11) is -3.55. The molecule has 4 rings (SSSR count). The maximum atomic E-state index is 12.9. The number of hydrogen-bond acceptors (Lipinski definition) is 6. The second kappa shape index (κ2) is 5.94. The molecule has 1 aliphatic carbocycles. The molecule has 0 N–H and O–H groups in total. The van der Waals surface area contributed by atoms with Gasteiger partial charge in [-0.2, -0.15) is 9.29 Å². The first-order valence-electron chi connectivity index (χ1n) is 8.08. The van der Waals surface area contributed by atoms with Gasteiger partial charge >= 0.3 is 0 Å². The second-order valence-electron chi connectivity index (χ2n) is 6.23. The summed E-state index contributed by atoms with van der Waals surface area (Å²) in [5, 5.41) is 4.00. The third kappa shape index (κ3) is 2.85. The van der Waals surface area contributed by atoms with Crippen molar-refractivity contribution in [2.75, 3.05) is 26.3 Å². The molecule has 128 valence electrons. The fraction of sp³-hybridized carbons (Fsp3) is 0.500. The van der Waals surface area contributed by atoms with Crippen molar-refractivity contribution in [3.05, 3.63) is 29.7 Å². The zero-order valence-corrected chi connectivity index (χ0v) is 14.3. The summed E-state index contributed by atoms with van der Waals surface area (Å²) < 4.78 is 37.8. The number of benzene rings is 1. The van der Waals surface area contributed by atoms with Gasteiger partial charge in [0.25, 0.3) is 0 Å². The Bertz CT molecular complexity index is 852. The Morgan fingerprint density at radius 3 is 2.67 bits per heavy atom. The fourth-order valence-electron chi connectivity index (χ4n) is 2.79. The Morgan fingerprint density at radius 2 is 1.96 bits per heavy atom. The van der Waals surface area contributed by atoms with Crippen LogP contribution in [-0.2, 0) is 14.8 Å². The minimum Gasteiger partial charge on any atom is -0.379 e. The van der Waals surface area contributed by atoms with Crippen molar-refractivity contribution in [3.63, 3.8) is 0 Å². The summed E-state index contributed by atoms with van der Waals surface area (Å²) in [6.07, 6.45) is 2.15. The van der Waals surface area contributed by atoms with Gasteiger partial charge in [0, 0.05) is 24.6 Å². The summed E-state index contributed by atoms with van der Waals surface area (Å²) >= 11 is 0. The number of nitrogens with zero attached hydrogens (tertiary/aromatic N) is 3. The van der Waals surface area contributed by atoms with E-state index in [-0.39, 0.29) is 0 Å². The van der Waals surface area contributed by atoms with Gasteiger partial charge in [0.2, 0.25) is 21.7 Å². The summed E-state index contributed by atoms with van der Waals surface area (Å²) in [5.41, 5.74) is 1.36. The van der Waals surface area contributed by atoms with Crippen LogP contribution in [0, 0.1) is 6.92 Å². The predicted octanol–water partition coefficient (Wildman–Crippen LogP) is 1.94. The molecule has 2 aromatic rings. The lowest BCUT2D eigenvalue weighted by Gasteiger charge is -2.26. The Morgan fingerprint density at radius 1 is 1.21 bits per heavy atom. The molecule has 2 aliphatic rings. The van der Waals surface area contributed by atoms with Crippen LogP contribution >= 0.6 is 0 Å². The average Bonchev–Trinajstić information content (AvgIpc) is 3.33. The van der Waals surface area contributed by atoms with Crippen LogP contribution in [0.2, 0.25) is 0 Å². The zero-order valence-electron chi connectivity index (χ0n) is 13.4. The number of aromatic nitrogens is 2. The Balaban J connectivity index is 1.69. The van der Waals surface area contributed by atoms with Gasteiger partial charge in [-0.15, -0.1) is 0 Å². The van der Waals surface area contributed by atoms with E-state index in [0.717, 1.165) is 12.8 Å².